The molecule has 26 heavy (non-hydrogen) atoms. The summed E-state index contributed by atoms with van der Waals surface area (Å²) in [6, 6.07) is 4.65. The fraction of sp³-hybridized carbons (Fsp3) is 0.278. The van der Waals surface area contributed by atoms with Crippen LogP contribution >= 0.6 is 0 Å². The molecule has 0 saturated carbocycles. The van der Waals surface area contributed by atoms with Gasteiger partial charge in [-0.05, 0) is 37.5 Å². The molecule has 0 bridgehead atoms. The van der Waals surface area contributed by atoms with Gasteiger partial charge in [-0.15, -0.1) is 10.2 Å². The molecule has 132 valence electrons. The number of fused-ring (bicyclic) bond motifs is 1. The molecule has 3 heterocycles. The van der Waals surface area contributed by atoms with Gasteiger partial charge >= 0.3 is 0 Å². The Balaban J connectivity index is 1.61. The summed E-state index contributed by atoms with van der Waals surface area (Å²) in [6.45, 7) is 2.40. The van der Waals surface area contributed by atoms with Gasteiger partial charge in [-0.25, -0.2) is 9.37 Å². The zero-order chi connectivity index (χ0) is 18.1. The third kappa shape index (κ3) is 2.94. The number of halogens is 1. The summed E-state index contributed by atoms with van der Waals surface area (Å²) >= 11 is 0. The number of aryl methyl sites for hydroxylation is 1. The molecule has 1 atom stereocenters. The Kier molecular flexibility index (Phi) is 4.16. The number of benzene rings is 1. The summed E-state index contributed by atoms with van der Waals surface area (Å²) in [5.41, 5.74) is 1.59. The maximum absolute atomic E-state index is 13.7. The Morgan fingerprint density at radius 1 is 1.31 bits per heavy atom. The van der Waals surface area contributed by atoms with E-state index in [1.807, 2.05) is 4.57 Å². The summed E-state index contributed by atoms with van der Waals surface area (Å²) in [6.07, 6.45) is 6.29. The van der Waals surface area contributed by atoms with Gasteiger partial charge in [0.15, 0.2) is 5.82 Å². The molecule has 0 aliphatic carbocycles. The third-order valence-electron chi connectivity index (χ3n) is 4.51. The van der Waals surface area contributed by atoms with Crippen molar-refractivity contribution in [2.75, 3.05) is 5.32 Å². The number of anilines is 1. The molecule has 1 aliphatic heterocycles. The number of amides is 1. The molecular formula is C18H17FN6O. The van der Waals surface area contributed by atoms with Crippen molar-refractivity contribution in [1.82, 2.24) is 24.7 Å². The minimum Gasteiger partial charge on any atom is -0.325 e. The molecule has 3 aromatic rings. The first-order chi connectivity index (χ1) is 12.6. The SMILES string of the molecule is Cc1ccc(NC(=O)C2CCCn3c(-c4cnccn4)nnc32)cc1F. The molecule has 1 aromatic carbocycles. The third-order valence-corrected chi connectivity index (χ3v) is 4.51. The van der Waals surface area contributed by atoms with E-state index < -0.39 is 5.92 Å². The number of rotatable bonds is 3. The summed E-state index contributed by atoms with van der Waals surface area (Å²) < 4.78 is 15.6. The Morgan fingerprint density at radius 2 is 2.19 bits per heavy atom. The second-order valence-corrected chi connectivity index (χ2v) is 6.27. The minimum atomic E-state index is -0.439. The van der Waals surface area contributed by atoms with Gasteiger partial charge in [0.25, 0.3) is 0 Å². The Morgan fingerprint density at radius 3 is 2.96 bits per heavy atom. The lowest BCUT2D eigenvalue weighted by Crippen LogP contribution is -2.28. The molecular weight excluding hydrogens is 335 g/mol. The fourth-order valence-corrected chi connectivity index (χ4v) is 3.13. The normalized spacial score (nSPS) is 16.2. The van der Waals surface area contributed by atoms with E-state index in [9.17, 15) is 9.18 Å². The van der Waals surface area contributed by atoms with E-state index in [2.05, 4.69) is 25.5 Å². The zero-order valence-corrected chi connectivity index (χ0v) is 14.2. The van der Waals surface area contributed by atoms with Crippen molar-refractivity contribution in [3.63, 3.8) is 0 Å². The molecule has 7 nitrogen and oxygen atoms in total. The second kappa shape index (κ2) is 6.62. The van der Waals surface area contributed by atoms with E-state index in [0.717, 1.165) is 13.0 Å². The highest BCUT2D eigenvalue weighted by atomic mass is 19.1. The quantitative estimate of drug-likeness (QED) is 0.783. The fourth-order valence-electron chi connectivity index (χ4n) is 3.13. The van der Waals surface area contributed by atoms with E-state index in [1.54, 1.807) is 37.6 Å². The van der Waals surface area contributed by atoms with Gasteiger partial charge in [0.05, 0.1) is 12.1 Å². The predicted octanol–water partition coefficient (Wildman–Crippen LogP) is 2.70. The van der Waals surface area contributed by atoms with Gasteiger partial charge in [-0.2, -0.15) is 0 Å². The largest absolute Gasteiger partial charge is 0.325 e. The minimum absolute atomic E-state index is 0.215. The van der Waals surface area contributed by atoms with E-state index in [-0.39, 0.29) is 11.7 Å². The van der Waals surface area contributed by atoms with Crippen LogP contribution in [0.1, 0.15) is 30.1 Å². The predicted molar refractivity (Wildman–Crippen MR) is 92.8 cm³/mol. The zero-order valence-electron chi connectivity index (χ0n) is 14.2. The monoisotopic (exact) mass is 352 g/mol. The van der Waals surface area contributed by atoms with Crippen LogP contribution in [-0.2, 0) is 11.3 Å². The van der Waals surface area contributed by atoms with Crippen LogP contribution in [0.4, 0.5) is 10.1 Å². The van der Waals surface area contributed by atoms with Crippen molar-refractivity contribution in [2.45, 2.75) is 32.2 Å². The number of hydrogen-bond acceptors (Lipinski definition) is 5. The number of hydrogen-bond donors (Lipinski definition) is 1. The van der Waals surface area contributed by atoms with Gasteiger partial charge in [0.2, 0.25) is 5.91 Å². The average molecular weight is 352 g/mol. The maximum Gasteiger partial charge on any atom is 0.235 e. The Labute approximate surface area is 149 Å². The maximum atomic E-state index is 13.7. The summed E-state index contributed by atoms with van der Waals surface area (Å²) in [5.74, 6) is 0.201. The van der Waals surface area contributed by atoms with Crippen LogP contribution < -0.4 is 5.32 Å². The van der Waals surface area contributed by atoms with E-state index in [4.69, 9.17) is 0 Å². The first-order valence-corrected chi connectivity index (χ1v) is 8.40. The number of nitrogens with zero attached hydrogens (tertiary/aromatic N) is 5. The topological polar surface area (TPSA) is 85.6 Å². The molecule has 0 radical (unpaired) electrons. The Hall–Kier alpha value is -3.16. The highest BCUT2D eigenvalue weighted by Gasteiger charge is 2.31. The van der Waals surface area contributed by atoms with Crippen molar-refractivity contribution < 1.29 is 9.18 Å². The number of carbonyl (C=O) groups is 1. The number of carbonyl (C=O) groups excluding carboxylic acids is 1. The molecule has 1 unspecified atom stereocenters. The van der Waals surface area contributed by atoms with Crippen molar-refractivity contribution in [3.8, 4) is 11.5 Å². The van der Waals surface area contributed by atoms with Crippen LogP contribution in [0.2, 0.25) is 0 Å². The van der Waals surface area contributed by atoms with Crippen LogP contribution in [0.5, 0.6) is 0 Å². The van der Waals surface area contributed by atoms with Crippen molar-refractivity contribution >= 4 is 11.6 Å². The van der Waals surface area contributed by atoms with Crippen molar-refractivity contribution in [1.29, 1.82) is 0 Å². The van der Waals surface area contributed by atoms with Crippen LogP contribution in [0.15, 0.2) is 36.8 Å². The number of aromatic nitrogens is 5. The van der Waals surface area contributed by atoms with Gasteiger partial charge in [-0.3, -0.25) is 9.78 Å². The van der Waals surface area contributed by atoms with Gasteiger partial charge in [0.1, 0.15) is 17.3 Å². The van der Waals surface area contributed by atoms with Crippen LogP contribution in [0, 0.1) is 12.7 Å². The lowest BCUT2D eigenvalue weighted by atomic mass is 9.97. The molecule has 1 amide bonds. The summed E-state index contributed by atoms with van der Waals surface area (Å²) in [4.78, 5) is 21.0. The highest BCUT2D eigenvalue weighted by Crippen LogP contribution is 2.30. The standard InChI is InChI=1S/C18H17FN6O/c1-11-4-5-12(9-14(11)19)22-18(26)13-3-2-8-25-16(13)23-24-17(25)15-10-20-6-7-21-15/h4-7,9-10,13H,2-3,8H2,1H3,(H,22,26). The van der Waals surface area contributed by atoms with Crippen molar-refractivity contribution in [2.24, 2.45) is 0 Å². The lowest BCUT2D eigenvalue weighted by molar-refractivity contribution is -0.118. The van der Waals surface area contributed by atoms with Gasteiger partial charge < -0.3 is 9.88 Å². The van der Waals surface area contributed by atoms with E-state index in [0.29, 0.717) is 35.0 Å². The molecule has 1 aliphatic rings. The van der Waals surface area contributed by atoms with E-state index >= 15 is 0 Å². The molecule has 0 spiro atoms. The molecule has 1 N–H and O–H groups in total. The lowest BCUT2D eigenvalue weighted by Gasteiger charge is -2.22. The van der Waals surface area contributed by atoms with E-state index in [1.165, 1.54) is 6.07 Å². The second-order valence-electron chi connectivity index (χ2n) is 6.27. The molecule has 2 aromatic heterocycles. The smallest absolute Gasteiger partial charge is 0.235 e. The average Bonchev–Trinajstić information content (AvgIpc) is 3.09. The first-order valence-electron chi connectivity index (χ1n) is 8.40. The van der Waals surface area contributed by atoms with Gasteiger partial charge in [0, 0.05) is 24.6 Å². The van der Waals surface area contributed by atoms with Crippen LogP contribution in [0.3, 0.4) is 0 Å². The molecule has 0 fully saturated rings. The summed E-state index contributed by atoms with van der Waals surface area (Å²) in [5, 5.41) is 11.2. The summed E-state index contributed by atoms with van der Waals surface area (Å²) in [7, 11) is 0. The molecule has 4 rings (SSSR count). The van der Waals surface area contributed by atoms with Crippen LogP contribution in [-0.4, -0.2) is 30.6 Å². The molecule has 8 heteroatoms. The number of nitrogens with one attached hydrogen (secondary N) is 1. The van der Waals surface area contributed by atoms with Crippen molar-refractivity contribution in [3.05, 3.63) is 54.0 Å². The first kappa shape index (κ1) is 16.3. The highest BCUT2D eigenvalue weighted by molar-refractivity contribution is 5.95. The molecule has 0 saturated heterocycles. The Bertz CT molecular complexity index is 956. The van der Waals surface area contributed by atoms with Gasteiger partial charge in [-0.1, -0.05) is 6.07 Å². The van der Waals surface area contributed by atoms with Crippen LogP contribution in [0.25, 0.3) is 11.5 Å².